The Kier molecular flexibility index (Phi) is 6.04. The van der Waals surface area contributed by atoms with E-state index in [2.05, 4.69) is 20.8 Å². The van der Waals surface area contributed by atoms with Crippen molar-refractivity contribution < 1.29 is 24.9 Å². The van der Waals surface area contributed by atoms with Gasteiger partial charge in [-0.15, -0.1) is 0 Å². The molecule has 4 saturated carbocycles. The maximum absolute atomic E-state index is 11.7. The number of carbonyl (C=O) groups is 1. The number of aliphatic hydroxyl groups is 3. The number of aliphatic hydroxyl groups excluding tert-OH is 3. The molecule has 0 aromatic carbocycles. The summed E-state index contributed by atoms with van der Waals surface area (Å²) in [7, 11) is 1.44. The third-order valence-corrected chi connectivity index (χ3v) is 10.6. The second-order valence-electron chi connectivity index (χ2n) is 11.6. The van der Waals surface area contributed by atoms with E-state index in [0.29, 0.717) is 36.0 Å². The molecule has 4 rings (SSSR count). The SMILES string of the molecule is COC(=O)CC[C@@H](C)[C@H]1CC[C@H]2C3C(O)CC4C[C@H](O)CC[C@]4(C)[C@H]3C[C@H](O)[C@]12C. The molecule has 3 unspecified atom stereocenters. The van der Waals surface area contributed by atoms with Crippen LogP contribution in [0.1, 0.15) is 78.6 Å². The summed E-state index contributed by atoms with van der Waals surface area (Å²) >= 11 is 0. The van der Waals surface area contributed by atoms with Crippen molar-refractivity contribution in [2.45, 2.75) is 96.9 Å². The third-order valence-electron chi connectivity index (χ3n) is 10.6. The smallest absolute Gasteiger partial charge is 0.305 e. The Balaban J connectivity index is 1.58. The van der Waals surface area contributed by atoms with Crippen molar-refractivity contribution in [2.75, 3.05) is 7.11 Å². The highest BCUT2D eigenvalue weighted by Crippen LogP contribution is 2.68. The number of esters is 1. The molecule has 0 heterocycles. The Morgan fingerprint density at radius 1 is 1.07 bits per heavy atom. The van der Waals surface area contributed by atoms with E-state index in [9.17, 15) is 20.1 Å². The van der Waals surface area contributed by atoms with Gasteiger partial charge in [0.2, 0.25) is 0 Å². The molecule has 0 bridgehead atoms. The van der Waals surface area contributed by atoms with Crippen LogP contribution in [0.4, 0.5) is 0 Å². The summed E-state index contributed by atoms with van der Waals surface area (Å²) in [6.07, 6.45) is 6.60. The Labute approximate surface area is 181 Å². The molecular weight excluding hydrogens is 380 g/mol. The fourth-order valence-electron chi connectivity index (χ4n) is 8.78. The fraction of sp³-hybridized carbons (Fsp3) is 0.960. The largest absolute Gasteiger partial charge is 0.469 e. The first-order valence-corrected chi connectivity index (χ1v) is 12.2. The van der Waals surface area contributed by atoms with Crippen LogP contribution in [0.2, 0.25) is 0 Å². The van der Waals surface area contributed by atoms with Crippen LogP contribution in [0.25, 0.3) is 0 Å². The van der Waals surface area contributed by atoms with E-state index < -0.39 is 0 Å². The molecule has 4 aliphatic carbocycles. The van der Waals surface area contributed by atoms with Crippen molar-refractivity contribution in [1.82, 2.24) is 0 Å². The average molecular weight is 423 g/mol. The van der Waals surface area contributed by atoms with E-state index in [4.69, 9.17) is 4.74 Å². The van der Waals surface area contributed by atoms with Crippen LogP contribution in [-0.2, 0) is 9.53 Å². The molecule has 0 amide bonds. The van der Waals surface area contributed by atoms with E-state index in [-0.39, 0.29) is 41.0 Å². The first-order valence-electron chi connectivity index (χ1n) is 12.2. The molecule has 0 radical (unpaired) electrons. The molecule has 172 valence electrons. The summed E-state index contributed by atoms with van der Waals surface area (Å²) in [6, 6.07) is 0. The van der Waals surface area contributed by atoms with Gasteiger partial charge in [0.15, 0.2) is 0 Å². The standard InChI is InChI=1S/C25H42O5/c1-14(5-8-22(29)30-4)17-6-7-18-23-19(13-21(28)25(17,18)3)24(2)10-9-16(26)11-15(24)12-20(23)27/h14-21,23,26-28H,5-13H2,1-4H3/t14-,15?,16-,17-,18+,19+,20?,21+,23?,24+,25-/m1/s1. The van der Waals surface area contributed by atoms with Gasteiger partial charge in [-0.25, -0.2) is 0 Å². The van der Waals surface area contributed by atoms with Gasteiger partial charge in [0.25, 0.3) is 0 Å². The second kappa shape index (κ2) is 8.04. The molecule has 11 atom stereocenters. The van der Waals surface area contributed by atoms with E-state index in [1.807, 2.05) is 0 Å². The molecule has 0 saturated heterocycles. The summed E-state index contributed by atoms with van der Waals surface area (Å²) in [5.74, 6) is 1.81. The first kappa shape index (κ1) is 22.5. The zero-order chi connectivity index (χ0) is 21.8. The van der Waals surface area contributed by atoms with Crippen molar-refractivity contribution >= 4 is 5.97 Å². The van der Waals surface area contributed by atoms with Crippen LogP contribution < -0.4 is 0 Å². The lowest BCUT2D eigenvalue weighted by Gasteiger charge is -2.63. The van der Waals surface area contributed by atoms with E-state index in [0.717, 1.165) is 51.4 Å². The van der Waals surface area contributed by atoms with E-state index in [1.54, 1.807) is 0 Å². The lowest BCUT2D eigenvalue weighted by atomic mass is 9.43. The first-order chi connectivity index (χ1) is 14.1. The molecular formula is C25H42O5. The molecule has 0 spiro atoms. The van der Waals surface area contributed by atoms with Gasteiger partial charge in [-0.2, -0.15) is 0 Å². The minimum Gasteiger partial charge on any atom is -0.469 e. The van der Waals surface area contributed by atoms with Crippen LogP contribution in [0, 0.1) is 46.3 Å². The number of carbonyl (C=O) groups excluding carboxylic acids is 1. The zero-order valence-corrected chi connectivity index (χ0v) is 19.2. The number of fused-ring (bicyclic) bond motifs is 5. The lowest BCUT2D eigenvalue weighted by Crippen LogP contribution is -2.62. The topological polar surface area (TPSA) is 87.0 Å². The van der Waals surface area contributed by atoms with Crippen molar-refractivity contribution in [3.63, 3.8) is 0 Å². The molecule has 5 heteroatoms. The molecule has 30 heavy (non-hydrogen) atoms. The highest BCUT2D eigenvalue weighted by molar-refractivity contribution is 5.69. The summed E-state index contributed by atoms with van der Waals surface area (Å²) in [6.45, 7) is 6.85. The predicted octanol–water partition coefficient (Wildman–Crippen LogP) is 3.54. The van der Waals surface area contributed by atoms with Gasteiger partial charge in [0, 0.05) is 6.42 Å². The van der Waals surface area contributed by atoms with Crippen LogP contribution in [0.15, 0.2) is 0 Å². The van der Waals surface area contributed by atoms with E-state index in [1.165, 1.54) is 7.11 Å². The van der Waals surface area contributed by atoms with Gasteiger partial charge in [0.1, 0.15) is 0 Å². The molecule has 0 aliphatic heterocycles. The molecule has 0 aromatic rings. The Morgan fingerprint density at radius 2 is 1.80 bits per heavy atom. The summed E-state index contributed by atoms with van der Waals surface area (Å²) in [5.41, 5.74) is -0.0882. The maximum Gasteiger partial charge on any atom is 0.305 e. The molecule has 3 N–H and O–H groups in total. The number of rotatable bonds is 4. The van der Waals surface area contributed by atoms with Crippen LogP contribution >= 0.6 is 0 Å². The second-order valence-corrected chi connectivity index (χ2v) is 11.6. The fourth-order valence-corrected chi connectivity index (χ4v) is 8.78. The van der Waals surface area contributed by atoms with Gasteiger partial charge < -0.3 is 20.1 Å². The lowest BCUT2D eigenvalue weighted by molar-refractivity contribution is -0.207. The van der Waals surface area contributed by atoms with Crippen LogP contribution in [0.3, 0.4) is 0 Å². The van der Waals surface area contributed by atoms with Crippen molar-refractivity contribution in [3.8, 4) is 0 Å². The van der Waals surface area contributed by atoms with Gasteiger partial charge in [-0.05, 0) is 97.7 Å². The van der Waals surface area contributed by atoms with Crippen molar-refractivity contribution in [1.29, 1.82) is 0 Å². The zero-order valence-electron chi connectivity index (χ0n) is 19.2. The molecule has 4 aliphatic rings. The highest BCUT2D eigenvalue weighted by Gasteiger charge is 2.65. The summed E-state index contributed by atoms with van der Waals surface area (Å²) < 4.78 is 4.83. The van der Waals surface area contributed by atoms with E-state index >= 15 is 0 Å². The van der Waals surface area contributed by atoms with Crippen molar-refractivity contribution in [2.24, 2.45) is 46.3 Å². The van der Waals surface area contributed by atoms with Gasteiger partial charge in [-0.3, -0.25) is 4.79 Å². The van der Waals surface area contributed by atoms with Crippen LogP contribution in [-0.4, -0.2) is 46.7 Å². The normalized spacial score (nSPS) is 51.4. The Bertz CT molecular complexity index is 651. The molecule has 4 fully saturated rings. The summed E-state index contributed by atoms with van der Waals surface area (Å²) in [4.78, 5) is 11.7. The van der Waals surface area contributed by atoms with Crippen molar-refractivity contribution in [3.05, 3.63) is 0 Å². The number of methoxy groups -OCH3 is 1. The van der Waals surface area contributed by atoms with Gasteiger partial charge >= 0.3 is 5.97 Å². The minimum atomic E-state index is -0.369. The molecule has 0 aromatic heterocycles. The predicted molar refractivity (Wildman–Crippen MR) is 114 cm³/mol. The number of ether oxygens (including phenoxy) is 1. The van der Waals surface area contributed by atoms with Gasteiger partial charge in [-0.1, -0.05) is 20.8 Å². The van der Waals surface area contributed by atoms with Gasteiger partial charge in [0.05, 0.1) is 25.4 Å². The maximum atomic E-state index is 11.7. The monoisotopic (exact) mass is 422 g/mol. The van der Waals surface area contributed by atoms with Crippen LogP contribution in [0.5, 0.6) is 0 Å². The number of hydrogen-bond donors (Lipinski definition) is 3. The minimum absolute atomic E-state index is 0.111. The average Bonchev–Trinajstić information content (AvgIpc) is 3.06. The highest BCUT2D eigenvalue weighted by atomic mass is 16.5. The number of hydrogen-bond acceptors (Lipinski definition) is 5. The third kappa shape index (κ3) is 3.34. The quantitative estimate of drug-likeness (QED) is 0.603. The molecule has 5 nitrogen and oxygen atoms in total. The summed E-state index contributed by atoms with van der Waals surface area (Å²) in [5, 5.41) is 33.1. The Hall–Kier alpha value is -0.650. The Morgan fingerprint density at radius 3 is 2.50 bits per heavy atom.